The second-order valence-corrected chi connectivity index (χ2v) is 7.89. The van der Waals surface area contributed by atoms with Crippen LogP contribution in [0.1, 0.15) is 11.3 Å². The molecule has 25 heavy (non-hydrogen) atoms. The van der Waals surface area contributed by atoms with Crippen molar-refractivity contribution in [1.82, 2.24) is 9.88 Å². The number of rotatable bonds is 3. The van der Waals surface area contributed by atoms with Crippen molar-refractivity contribution < 1.29 is 12.8 Å². The molecule has 2 aromatic carbocycles. The summed E-state index contributed by atoms with van der Waals surface area (Å²) in [4.78, 5) is 0.170. The number of halogens is 1. The fraction of sp³-hybridized carbons (Fsp3) is 0.222. The Morgan fingerprint density at radius 1 is 1.20 bits per heavy atom. The van der Waals surface area contributed by atoms with Gasteiger partial charge in [0.15, 0.2) is 0 Å². The quantitative estimate of drug-likeness (QED) is 0.756. The zero-order chi connectivity index (χ0) is 17.6. The van der Waals surface area contributed by atoms with E-state index < -0.39 is 15.8 Å². The SMILES string of the molecule is Cn1c2c(c3cc(S(=O)(=O)Nc4cccc(F)c4)ccc31)CNCC2. The highest BCUT2D eigenvalue weighted by Crippen LogP contribution is 2.30. The molecule has 2 heterocycles. The first-order valence-corrected chi connectivity index (χ1v) is 9.53. The number of nitrogens with zero attached hydrogens (tertiary/aromatic N) is 1. The van der Waals surface area contributed by atoms with Crippen LogP contribution in [0.25, 0.3) is 10.9 Å². The number of sulfonamides is 1. The lowest BCUT2D eigenvalue weighted by molar-refractivity contribution is 0.601. The first kappa shape index (κ1) is 16.1. The van der Waals surface area contributed by atoms with E-state index in [-0.39, 0.29) is 10.6 Å². The average Bonchev–Trinajstić information content (AvgIpc) is 2.87. The molecular weight excluding hydrogens is 341 g/mol. The third kappa shape index (κ3) is 2.79. The van der Waals surface area contributed by atoms with Gasteiger partial charge in [-0.1, -0.05) is 6.07 Å². The van der Waals surface area contributed by atoms with Crippen molar-refractivity contribution in [3.63, 3.8) is 0 Å². The number of aryl methyl sites for hydroxylation is 1. The normalized spacial score (nSPS) is 14.5. The topological polar surface area (TPSA) is 63.1 Å². The van der Waals surface area contributed by atoms with E-state index in [0.717, 1.165) is 42.0 Å². The van der Waals surface area contributed by atoms with Gasteiger partial charge >= 0.3 is 0 Å². The highest BCUT2D eigenvalue weighted by atomic mass is 32.2. The Hall–Kier alpha value is -2.38. The molecule has 1 aromatic heterocycles. The zero-order valence-electron chi connectivity index (χ0n) is 13.7. The van der Waals surface area contributed by atoms with Gasteiger partial charge in [-0.25, -0.2) is 12.8 Å². The maximum atomic E-state index is 13.3. The predicted octanol–water partition coefficient (Wildman–Crippen LogP) is 2.76. The third-order valence-electron chi connectivity index (χ3n) is 4.64. The summed E-state index contributed by atoms with van der Waals surface area (Å²) in [6.07, 6.45) is 0.921. The van der Waals surface area contributed by atoms with E-state index in [0.29, 0.717) is 0 Å². The predicted molar refractivity (Wildman–Crippen MR) is 95.5 cm³/mol. The Balaban J connectivity index is 1.78. The number of hydrogen-bond donors (Lipinski definition) is 2. The van der Waals surface area contributed by atoms with Crippen molar-refractivity contribution in [1.29, 1.82) is 0 Å². The molecule has 130 valence electrons. The largest absolute Gasteiger partial charge is 0.347 e. The van der Waals surface area contributed by atoms with E-state index in [9.17, 15) is 12.8 Å². The van der Waals surface area contributed by atoms with Crippen LogP contribution in [-0.2, 0) is 30.0 Å². The van der Waals surface area contributed by atoms with Crippen molar-refractivity contribution >= 4 is 26.6 Å². The van der Waals surface area contributed by atoms with Gasteiger partial charge in [0.25, 0.3) is 10.0 Å². The molecule has 0 spiro atoms. The summed E-state index contributed by atoms with van der Waals surface area (Å²) in [5.41, 5.74) is 3.60. The molecule has 2 N–H and O–H groups in total. The van der Waals surface area contributed by atoms with E-state index in [4.69, 9.17) is 0 Å². The Labute approximate surface area is 145 Å². The molecule has 0 atom stereocenters. The second kappa shape index (κ2) is 5.86. The van der Waals surface area contributed by atoms with Crippen LogP contribution in [0.5, 0.6) is 0 Å². The maximum Gasteiger partial charge on any atom is 0.261 e. The first-order valence-electron chi connectivity index (χ1n) is 8.05. The molecule has 0 fully saturated rings. The minimum absolute atomic E-state index is 0.170. The lowest BCUT2D eigenvalue weighted by Crippen LogP contribution is -2.24. The van der Waals surface area contributed by atoms with Gasteiger partial charge in [-0.05, 0) is 42.0 Å². The Morgan fingerprint density at radius 3 is 2.84 bits per heavy atom. The van der Waals surface area contributed by atoms with E-state index in [2.05, 4.69) is 14.6 Å². The van der Waals surface area contributed by atoms with Gasteiger partial charge in [0, 0.05) is 43.2 Å². The van der Waals surface area contributed by atoms with Crippen LogP contribution in [0.2, 0.25) is 0 Å². The van der Waals surface area contributed by atoms with Gasteiger partial charge in [-0.2, -0.15) is 0 Å². The zero-order valence-corrected chi connectivity index (χ0v) is 14.5. The summed E-state index contributed by atoms with van der Waals surface area (Å²) >= 11 is 0. The van der Waals surface area contributed by atoms with Crippen molar-refractivity contribution in [2.24, 2.45) is 7.05 Å². The second-order valence-electron chi connectivity index (χ2n) is 6.21. The number of benzene rings is 2. The minimum Gasteiger partial charge on any atom is -0.347 e. The molecule has 4 rings (SSSR count). The molecule has 1 aliphatic rings. The molecule has 1 aliphatic heterocycles. The molecule has 0 amide bonds. The van der Waals surface area contributed by atoms with Crippen LogP contribution in [0.3, 0.4) is 0 Å². The molecular formula is C18H18FN3O2S. The average molecular weight is 359 g/mol. The van der Waals surface area contributed by atoms with Crippen LogP contribution in [0.4, 0.5) is 10.1 Å². The molecule has 3 aromatic rings. The molecule has 5 nitrogen and oxygen atoms in total. The molecule has 7 heteroatoms. The maximum absolute atomic E-state index is 13.3. The smallest absolute Gasteiger partial charge is 0.261 e. The van der Waals surface area contributed by atoms with Crippen LogP contribution in [0, 0.1) is 5.82 Å². The summed E-state index contributed by atoms with van der Waals surface area (Å²) in [6.45, 7) is 1.65. The highest BCUT2D eigenvalue weighted by molar-refractivity contribution is 7.92. The molecule has 0 saturated carbocycles. The monoisotopic (exact) mass is 359 g/mol. The van der Waals surface area contributed by atoms with E-state index >= 15 is 0 Å². The standard InChI is InChI=1S/C18H18FN3O2S/c1-22-17-6-5-14(10-15(17)16-11-20-8-7-18(16)22)25(23,24)21-13-4-2-3-12(19)9-13/h2-6,9-10,20-21H,7-8,11H2,1H3. The lowest BCUT2D eigenvalue weighted by atomic mass is 10.1. The van der Waals surface area contributed by atoms with Crippen molar-refractivity contribution in [3.05, 3.63) is 59.5 Å². The summed E-state index contributed by atoms with van der Waals surface area (Å²) < 4.78 is 43.2. The summed E-state index contributed by atoms with van der Waals surface area (Å²) in [5, 5.41) is 4.27. The van der Waals surface area contributed by atoms with Crippen LogP contribution in [-0.4, -0.2) is 19.5 Å². The highest BCUT2D eigenvalue weighted by Gasteiger charge is 2.21. The van der Waals surface area contributed by atoms with Crippen LogP contribution in [0.15, 0.2) is 47.4 Å². The van der Waals surface area contributed by atoms with Gasteiger partial charge < -0.3 is 9.88 Å². The Morgan fingerprint density at radius 2 is 2.04 bits per heavy atom. The van der Waals surface area contributed by atoms with Gasteiger partial charge in [0.05, 0.1) is 10.6 Å². The first-order chi connectivity index (χ1) is 12.0. The summed E-state index contributed by atoms with van der Waals surface area (Å²) in [6, 6.07) is 10.5. The van der Waals surface area contributed by atoms with E-state index in [1.165, 1.54) is 23.9 Å². The number of aromatic nitrogens is 1. The van der Waals surface area contributed by atoms with E-state index in [1.807, 2.05) is 13.1 Å². The fourth-order valence-corrected chi connectivity index (χ4v) is 4.50. The molecule has 0 unspecified atom stereocenters. The number of hydrogen-bond acceptors (Lipinski definition) is 3. The molecule has 0 radical (unpaired) electrons. The van der Waals surface area contributed by atoms with Crippen LogP contribution >= 0.6 is 0 Å². The summed E-state index contributed by atoms with van der Waals surface area (Å²) in [5.74, 6) is -0.487. The van der Waals surface area contributed by atoms with Crippen molar-refractivity contribution in [2.75, 3.05) is 11.3 Å². The van der Waals surface area contributed by atoms with Crippen molar-refractivity contribution in [2.45, 2.75) is 17.9 Å². The molecule has 0 aliphatic carbocycles. The van der Waals surface area contributed by atoms with Gasteiger partial charge in [0.1, 0.15) is 5.82 Å². The minimum atomic E-state index is -3.79. The van der Waals surface area contributed by atoms with Gasteiger partial charge in [-0.15, -0.1) is 0 Å². The number of anilines is 1. The van der Waals surface area contributed by atoms with Crippen LogP contribution < -0.4 is 10.0 Å². The van der Waals surface area contributed by atoms with E-state index in [1.54, 1.807) is 12.1 Å². The Kier molecular flexibility index (Phi) is 3.77. The van der Waals surface area contributed by atoms with Gasteiger partial charge in [0.2, 0.25) is 0 Å². The number of nitrogens with one attached hydrogen (secondary N) is 2. The number of fused-ring (bicyclic) bond motifs is 3. The fourth-order valence-electron chi connectivity index (χ4n) is 3.42. The molecule has 0 saturated heterocycles. The molecule has 0 bridgehead atoms. The lowest BCUT2D eigenvalue weighted by Gasteiger charge is -2.14. The van der Waals surface area contributed by atoms with Crippen molar-refractivity contribution in [3.8, 4) is 0 Å². The summed E-state index contributed by atoms with van der Waals surface area (Å²) in [7, 11) is -1.78. The third-order valence-corrected chi connectivity index (χ3v) is 6.01. The Bertz CT molecular complexity index is 1070. The van der Waals surface area contributed by atoms with Gasteiger partial charge in [-0.3, -0.25) is 4.72 Å².